The second kappa shape index (κ2) is 11.4. The molecule has 0 aliphatic heterocycles. The van der Waals surface area contributed by atoms with Gasteiger partial charge in [0.1, 0.15) is 20.6 Å². The number of hydrogen-bond donors (Lipinski definition) is 2. The largest absolute Gasteiger partial charge is 0.435 e. The Balaban J connectivity index is 0.00000578. The molecule has 1 atom stereocenters. The minimum Gasteiger partial charge on any atom is -0.435 e. The highest BCUT2D eigenvalue weighted by Crippen LogP contribution is 2.34. The standard InChI is InChI=1S/C22H31F2N3O4S2.H2S/c1-11(2)15-8-14(31-21(23)24)9-16(12(3)4)17(15)10-18(28)27-33(25,30)19-13(5)26-20(32-19)22(6,7)29;/h8-9,11-12,21,29H,10H2,1-7H3,(H2,25,27,28,30);1H2. The van der Waals surface area contributed by atoms with Crippen molar-refractivity contribution in [3.63, 3.8) is 0 Å². The zero-order chi connectivity index (χ0) is 25.3. The van der Waals surface area contributed by atoms with Crippen molar-refractivity contribution in [3.8, 4) is 5.75 Å². The number of hydrogen-bond acceptors (Lipinski definition) is 6. The molecule has 2 rings (SSSR count). The molecule has 1 unspecified atom stereocenters. The van der Waals surface area contributed by atoms with E-state index >= 15 is 0 Å². The predicted molar refractivity (Wildman–Crippen MR) is 135 cm³/mol. The van der Waals surface area contributed by atoms with E-state index in [2.05, 4.69) is 14.1 Å². The van der Waals surface area contributed by atoms with Gasteiger partial charge in [-0.1, -0.05) is 27.7 Å². The van der Waals surface area contributed by atoms with Crippen molar-refractivity contribution in [3.05, 3.63) is 39.5 Å². The summed E-state index contributed by atoms with van der Waals surface area (Å²) in [7, 11) is -3.59. The van der Waals surface area contributed by atoms with Crippen molar-refractivity contribution in [2.24, 2.45) is 9.50 Å². The number of nitrogens with two attached hydrogens (primary N) is 1. The summed E-state index contributed by atoms with van der Waals surface area (Å²) in [6.45, 7) is 9.21. The van der Waals surface area contributed by atoms with Gasteiger partial charge in [0.25, 0.3) is 5.91 Å². The van der Waals surface area contributed by atoms with Crippen molar-refractivity contribution < 1.29 is 27.6 Å². The van der Waals surface area contributed by atoms with E-state index in [1.165, 1.54) is 26.0 Å². The van der Waals surface area contributed by atoms with Crippen LogP contribution in [-0.2, 0) is 26.7 Å². The molecule has 34 heavy (non-hydrogen) atoms. The first-order valence-electron chi connectivity index (χ1n) is 10.4. The molecule has 1 amide bonds. The first-order chi connectivity index (χ1) is 15.0. The van der Waals surface area contributed by atoms with E-state index in [9.17, 15) is 22.9 Å². The van der Waals surface area contributed by atoms with Crippen molar-refractivity contribution >= 4 is 40.7 Å². The number of benzene rings is 1. The summed E-state index contributed by atoms with van der Waals surface area (Å²) in [4.78, 5) is 17.1. The number of aliphatic hydroxyl groups is 1. The van der Waals surface area contributed by atoms with Gasteiger partial charge < -0.3 is 9.84 Å². The van der Waals surface area contributed by atoms with Gasteiger partial charge in [0.15, 0.2) is 9.92 Å². The van der Waals surface area contributed by atoms with Crippen molar-refractivity contribution in [2.45, 2.75) is 83.1 Å². The van der Waals surface area contributed by atoms with E-state index in [-0.39, 0.29) is 41.7 Å². The van der Waals surface area contributed by atoms with Gasteiger partial charge in [0.2, 0.25) is 0 Å². The number of aryl methyl sites for hydroxylation is 1. The third kappa shape index (κ3) is 7.45. The van der Waals surface area contributed by atoms with Crippen LogP contribution >= 0.6 is 24.8 Å². The predicted octanol–water partition coefficient (Wildman–Crippen LogP) is 5.11. The van der Waals surface area contributed by atoms with Crippen LogP contribution in [0.5, 0.6) is 5.75 Å². The number of rotatable bonds is 8. The average Bonchev–Trinajstić information content (AvgIpc) is 3.04. The molecule has 1 heterocycles. The highest BCUT2D eigenvalue weighted by molar-refractivity contribution is 7.93. The fraction of sp³-hybridized carbons (Fsp3) is 0.545. The Kier molecular flexibility index (Phi) is 10.2. The van der Waals surface area contributed by atoms with Gasteiger partial charge in [0, 0.05) is 0 Å². The van der Waals surface area contributed by atoms with Crippen LogP contribution in [0.1, 0.15) is 80.8 Å². The zero-order valence-corrected chi connectivity index (χ0v) is 22.9. The molecule has 0 aliphatic rings. The third-order valence-corrected chi connectivity index (χ3v) is 8.40. The summed E-state index contributed by atoms with van der Waals surface area (Å²) >= 11 is 0.950. The number of aromatic nitrogens is 1. The summed E-state index contributed by atoms with van der Waals surface area (Å²) in [5, 5.41) is 16.4. The molecule has 0 spiro atoms. The van der Waals surface area contributed by atoms with E-state index < -0.39 is 28.0 Å². The number of ether oxygens (including phenoxy) is 1. The maximum atomic E-state index is 13.1. The minimum atomic E-state index is -3.59. The monoisotopic (exact) mass is 537 g/mol. The number of nitrogens with zero attached hydrogens (tertiary/aromatic N) is 2. The second-order valence-electron chi connectivity index (χ2n) is 8.95. The summed E-state index contributed by atoms with van der Waals surface area (Å²) in [5.41, 5.74) is 1.04. The van der Waals surface area contributed by atoms with Crippen LogP contribution in [0.3, 0.4) is 0 Å². The molecule has 0 saturated carbocycles. The van der Waals surface area contributed by atoms with Gasteiger partial charge in [-0.3, -0.25) is 4.79 Å². The zero-order valence-electron chi connectivity index (χ0n) is 20.3. The normalized spacial score (nSPS) is 13.7. The maximum absolute atomic E-state index is 13.1. The summed E-state index contributed by atoms with van der Waals surface area (Å²) < 4.78 is 47.3. The fourth-order valence-corrected chi connectivity index (χ4v) is 5.93. The third-order valence-electron chi connectivity index (χ3n) is 4.87. The van der Waals surface area contributed by atoms with Gasteiger partial charge >= 0.3 is 6.61 Å². The highest BCUT2D eigenvalue weighted by atomic mass is 32.2. The molecule has 3 N–H and O–H groups in total. The van der Waals surface area contributed by atoms with Crippen LogP contribution in [-0.4, -0.2) is 26.8 Å². The maximum Gasteiger partial charge on any atom is 0.387 e. The second-order valence-corrected chi connectivity index (χ2v) is 11.9. The van der Waals surface area contributed by atoms with E-state index in [0.717, 1.165) is 11.3 Å². The van der Waals surface area contributed by atoms with Gasteiger partial charge in [-0.05, 0) is 61.4 Å². The van der Waals surface area contributed by atoms with Crippen molar-refractivity contribution in [1.29, 1.82) is 0 Å². The number of alkyl halides is 2. The van der Waals surface area contributed by atoms with Crippen LogP contribution in [0, 0.1) is 6.92 Å². The molecule has 0 radical (unpaired) electrons. The van der Waals surface area contributed by atoms with E-state index in [1.807, 2.05) is 27.7 Å². The Morgan fingerprint density at radius 1 is 1.24 bits per heavy atom. The molecule has 2 aromatic rings. The minimum absolute atomic E-state index is 0. The Hall–Kier alpha value is -1.60. The van der Waals surface area contributed by atoms with E-state index in [1.54, 1.807) is 6.92 Å². The molecule has 12 heteroatoms. The molecule has 0 fully saturated rings. The van der Waals surface area contributed by atoms with E-state index in [0.29, 0.717) is 27.4 Å². The van der Waals surface area contributed by atoms with Crippen LogP contribution in [0.25, 0.3) is 0 Å². The van der Waals surface area contributed by atoms with Gasteiger partial charge in [0.05, 0.1) is 12.1 Å². The summed E-state index contributed by atoms with van der Waals surface area (Å²) in [5.74, 6) is -0.863. The lowest BCUT2D eigenvalue weighted by Crippen LogP contribution is -2.17. The molecule has 0 aliphatic carbocycles. The van der Waals surface area contributed by atoms with E-state index in [4.69, 9.17) is 5.14 Å². The number of carbonyl (C=O) groups excluding carboxylic acids is 1. The Labute approximate surface area is 210 Å². The smallest absolute Gasteiger partial charge is 0.387 e. The summed E-state index contributed by atoms with van der Waals surface area (Å²) in [6.07, 6.45) is -0.194. The molecule has 7 nitrogen and oxygen atoms in total. The van der Waals surface area contributed by atoms with Crippen molar-refractivity contribution in [1.82, 2.24) is 4.98 Å². The lowest BCUT2D eigenvalue weighted by Gasteiger charge is -2.21. The van der Waals surface area contributed by atoms with Crippen LogP contribution in [0.4, 0.5) is 8.78 Å². The van der Waals surface area contributed by atoms with Crippen LogP contribution in [0.2, 0.25) is 0 Å². The quantitative estimate of drug-likeness (QED) is 0.486. The van der Waals surface area contributed by atoms with Crippen LogP contribution in [0.15, 0.2) is 20.7 Å². The number of thiazole rings is 1. The Morgan fingerprint density at radius 3 is 2.12 bits per heavy atom. The number of amides is 1. The van der Waals surface area contributed by atoms with Crippen molar-refractivity contribution in [2.75, 3.05) is 0 Å². The average molecular weight is 538 g/mol. The first-order valence-corrected chi connectivity index (χ1v) is 12.8. The molecule has 0 bridgehead atoms. The van der Waals surface area contributed by atoms with Gasteiger partial charge in [-0.15, -0.1) is 15.7 Å². The molecule has 0 saturated heterocycles. The molecule has 1 aromatic carbocycles. The lowest BCUT2D eigenvalue weighted by atomic mass is 9.86. The first kappa shape index (κ1) is 30.4. The molecule has 1 aromatic heterocycles. The summed E-state index contributed by atoms with van der Waals surface area (Å²) in [6, 6.07) is 2.99. The lowest BCUT2D eigenvalue weighted by molar-refractivity contribution is -0.117. The Morgan fingerprint density at radius 2 is 1.74 bits per heavy atom. The molecule has 192 valence electrons. The molecular weight excluding hydrogens is 504 g/mol. The SMILES string of the molecule is Cc1nc(C(C)(C)O)sc1S(N)(=O)=NC(=O)Cc1c(C(C)C)cc(OC(F)F)cc1C(C)C.S. The van der Waals surface area contributed by atoms with Gasteiger partial charge in [-0.2, -0.15) is 22.3 Å². The Bertz CT molecular complexity index is 1120. The molecular formula is C22H33F2N3O4S3. The fourth-order valence-electron chi connectivity index (χ4n) is 3.39. The topological polar surface area (TPSA) is 115 Å². The van der Waals surface area contributed by atoms with Gasteiger partial charge in [-0.25, -0.2) is 14.3 Å². The highest BCUT2D eigenvalue weighted by Gasteiger charge is 2.27. The number of halogens is 2. The number of carbonyl (C=O) groups is 1. The van der Waals surface area contributed by atoms with Crippen LogP contribution < -0.4 is 9.88 Å².